The molecule has 0 aromatic rings. The summed E-state index contributed by atoms with van der Waals surface area (Å²) in [4.78, 5) is 0. The molecule has 0 spiro atoms. The Morgan fingerprint density at radius 1 is 1.31 bits per heavy atom. The predicted octanol–water partition coefficient (Wildman–Crippen LogP) is -0.904. The Morgan fingerprint density at radius 2 is 1.77 bits per heavy atom. The maximum Gasteiger partial charge on any atom is 0.224 e. The minimum absolute atomic E-state index is 0.0744. The van der Waals surface area contributed by atoms with Crippen LogP contribution < -0.4 is 0 Å². The Balaban J connectivity index is 2.71. The lowest BCUT2D eigenvalue weighted by atomic mass is 10.1. The molecule has 0 radical (unpaired) electrons. The molecule has 5 nitrogen and oxygen atoms in total. The molecule has 0 amide bonds. The number of halogens is 1. The number of sulfonamides is 1. The van der Waals surface area contributed by atoms with Crippen molar-refractivity contribution in [3.8, 4) is 0 Å². The quantitative estimate of drug-likeness (QED) is 0.639. The van der Waals surface area contributed by atoms with Gasteiger partial charge in [-0.05, 0) is 0 Å². The van der Waals surface area contributed by atoms with Crippen molar-refractivity contribution in [1.29, 1.82) is 0 Å². The second-order valence-corrected chi connectivity index (χ2v) is 6.35. The van der Waals surface area contributed by atoms with Crippen LogP contribution in [0.2, 0.25) is 0 Å². The summed E-state index contributed by atoms with van der Waals surface area (Å²) in [5, 5.41) is 18.5. The Labute approximate surface area is 85.5 Å². The summed E-state index contributed by atoms with van der Waals surface area (Å²) >= 11 is 2.85. The van der Waals surface area contributed by atoms with E-state index in [9.17, 15) is 18.6 Å². The first-order chi connectivity index (χ1) is 5.95. The number of rotatable bonds is 2. The monoisotopic (exact) mass is 273 g/mol. The molecule has 1 heterocycles. The smallest absolute Gasteiger partial charge is 0.224 e. The van der Waals surface area contributed by atoms with Gasteiger partial charge in [0.1, 0.15) is 4.66 Å². The first kappa shape index (κ1) is 11.4. The number of nitrogens with zero attached hydrogens (tertiary/aromatic N) is 1. The predicted molar refractivity (Wildman–Crippen MR) is 50.9 cm³/mol. The fourth-order valence-corrected chi connectivity index (χ4v) is 3.11. The summed E-state index contributed by atoms with van der Waals surface area (Å²) in [5.41, 5.74) is 0. The van der Waals surface area contributed by atoms with Crippen LogP contribution in [0.4, 0.5) is 0 Å². The van der Waals surface area contributed by atoms with E-state index in [0.717, 1.165) is 4.31 Å². The van der Waals surface area contributed by atoms with Gasteiger partial charge in [-0.1, -0.05) is 15.9 Å². The highest BCUT2D eigenvalue weighted by Crippen LogP contribution is 2.15. The van der Waals surface area contributed by atoms with E-state index in [4.69, 9.17) is 0 Å². The van der Waals surface area contributed by atoms with E-state index in [1.165, 1.54) is 0 Å². The average Bonchev–Trinajstić information content (AvgIpc) is 2.02. The molecule has 0 aromatic carbocycles. The molecule has 1 aliphatic rings. The van der Waals surface area contributed by atoms with E-state index in [0.29, 0.717) is 0 Å². The number of β-amino-alcohol motifs (C(OH)–C–C–N with tert-alkyl or cyclic N) is 2. The van der Waals surface area contributed by atoms with E-state index in [2.05, 4.69) is 15.9 Å². The number of aliphatic hydroxyl groups excluding tert-OH is 2. The van der Waals surface area contributed by atoms with Crippen molar-refractivity contribution in [3.63, 3.8) is 0 Å². The van der Waals surface area contributed by atoms with Crippen LogP contribution in [0.1, 0.15) is 6.42 Å². The summed E-state index contributed by atoms with van der Waals surface area (Å²) in [6.07, 6.45) is -1.29. The summed E-state index contributed by atoms with van der Waals surface area (Å²) in [7, 11) is -3.36. The van der Waals surface area contributed by atoms with Gasteiger partial charge in [0, 0.05) is 19.5 Å². The molecule has 2 atom stereocenters. The number of piperidine rings is 1. The van der Waals surface area contributed by atoms with E-state index in [1.54, 1.807) is 0 Å². The molecule has 0 aliphatic carbocycles. The largest absolute Gasteiger partial charge is 0.392 e. The van der Waals surface area contributed by atoms with E-state index in [1.807, 2.05) is 0 Å². The van der Waals surface area contributed by atoms with Crippen molar-refractivity contribution in [2.75, 3.05) is 17.8 Å². The molecule has 13 heavy (non-hydrogen) atoms. The van der Waals surface area contributed by atoms with Gasteiger partial charge >= 0.3 is 0 Å². The van der Waals surface area contributed by atoms with E-state index < -0.39 is 22.2 Å². The number of hydrogen-bond acceptors (Lipinski definition) is 4. The first-order valence-electron chi connectivity index (χ1n) is 3.85. The molecule has 1 rings (SSSR count). The zero-order chi connectivity index (χ0) is 10.1. The van der Waals surface area contributed by atoms with Crippen LogP contribution in [-0.4, -0.2) is 52.9 Å². The summed E-state index contributed by atoms with van der Waals surface area (Å²) in [6.45, 7) is 0.149. The van der Waals surface area contributed by atoms with Crippen LogP contribution in [0, 0.1) is 0 Å². The van der Waals surface area contributed by atoms with Crippen LogP contribution in [0.3, 0.4) is 0 Å². The second kappa shape index (κ2) is 4.22. The minimum atomic E-state index is -3.36. The lowest BCUT2D eigenvalue weighted by molar-refractivity contribution is 0.0215. The molecule has 2 N–H and O–H groups in total. The normalized spacial score (nSPS) is 31.9. The van der Waals surface area contributed by atoms with Gasteiger partial charge < -0.3 is 10.2 Å². The highest BCUT2D eigenvalue weighted by Gasteiger charge is 2.31. The zero-order valence-electron chi connectivity index (χ0n) is 6.93. The summed E-state index contributed by atoms with van der Waals surface area (Å²) in [6, 6.07) is 0. The lowest BCUT2D eigenvalue weighted by Crippen LogP contribution is -2.48. The molecular weight excluding hydrogens is 262 g/mol. The van der Waals surface area contributed by atoms with Crippen LogP contribution in [0.15, 0.2) is 0 Å². The van der Waals surface area contributed by atoms with Crippen LogP contribution in [0.25, 0.3) is 0 Å². The van der Waals surface area contributed by atoms with Crippen molar-refractivity contribution in [2.45, 2.75) is 18.6 Å². The average molecular weight is 274 g/mol. The topological polar surface area (TPSA) is 77.8 Å². The zero-order valence-corrected chi connectivity index (χ0v) is 9.33. The van der Waals surface area contributed by atoms with Gasteiger partial charge in [0.15, 0.2) is 0 Å². The fraction of sp³-hybridized carbons (Fsp3) is 1.00. The Bertz CT molecular complexity index is 258. The fourth-order valence-electron chi connectivity index (χ4n) is 1.30. The maximum atomic E-state index is 11.3. The minimum Gasteiger partial charge on any atom is -0.392 e. The number of alkyl halides is 1. The van der Waals surface area contributed by atoms with Crippen molar-refractivity contribution >= 4 is 26.0 Å². The molecule has 1 saturated heterocycles. The van der Waals surface area contributed by atoms with Crippen molar-refractivity contribution in [3.05, 3.63) is 0 Å². The Hall–Kier alpha value is 0.310. The van der Waals surface area contributed by atoms with Gasteiger partial charge in [-0.3, -0.25) is 0 Å². The van der Waals surface area contributed by atoms with Gasteiger partial charge in [-0.15, -0.1) is 0 Å². The van der Waals surface area contributed by atoms with E-state index >= 15 is 0 Å². The molecule has 7 heteroatoms. The molecule has 1 aliphatic heterocycles. The van der Waals surface area contributed by atoms with Gasteiger partial charge in [-0.25, -0.2) is 8.42 Å². The third kappa shape index (κ3) is 2.88. The van der Waals surface area contributed by atoms with Crippen LogP contribution >= 0.6 is 15.9 Å². The van der Waals surface area contributed by atoms with Gasteiger partial charge in [0.2, 0.25) is 10.0 Å². The third-order valence-electron chi connectivity index (χ3n) is 1.90. The molecule has 1 fully saturated rings. The number of hydrogen-bond donors (Lipinski definition) is 2. The van der Waals surface area contributed by atoms with Crippen molar-refractivity contribution < 1.29 is 18.6 Å². The highest BCUT2D eigenvalue weighted by atomic mass is 79.9. The van der Waals surface area contributed by atoms with Gasteiger partial charge in [0.25, 0.3) is 0 Å². The molecular formula is C6H12BrNO4S. The molecule has 0 saturated carbocycles. The van der Waals surface area contributed by atoms with Crippen molar-refractivity contribution in [2.24, 2.45) is 0 Å². The van der Waals surface area contributed by atoms with Crippen molar-refractivity contribution in [1.82, 2.24) is 4.31 Å². The molecule has 0 unspecified atom stereocenters. The van der Waals surface area contributed by atoms with Crippen LogP contribution in [-0.2, 0) is 10.0 Å². The van der Waals surface area contributed by atoms with Gasteiger partial charge in [-0.2, -0.15) is 4.31 Å². The Kier molecular flexibility index (Phi) is 3.70. The lowest BCUT2D eigenvalue weighted by Gasteiger charge is -2.31. The van der Waals surface area contributed by atoms with Crippen LogP contribution in [0.5, 0.6) is 0 Å². The SMILES string of the molecule is O=S(=O)(CBr)N1C[C@H](O)C[C@H](O)C1. The Morgan fingerprint density at radius 3 is 2.15 bits per heavy atom. The maximum absolute atomic E-state index is 11.3. The summed E-state index contributed by atoms with van der Waals surface area (Å²) in [5.74, 6) is 0. The first-order valence-corrected chi connectivity index (χ1v) is 6.58. The highest BCUT2D eigenvalue weighted by molar-refractivity contribution is 9.10. The molecule has 0 aromatic heterocycles. The second-order valence-electron chi connectivity index (χ2n) is 3.08. The number of aliphatic hydroxyl groups is 2. The third-order valence-corrected chi connectivity index (χ3v) is 5.00. The molecule has 0 bridgehead atoms. The van der Waals surface area contributed by atoms with E-state index in [-0.39, 0.29) is 24.2 Å². The summed E-state index contributed by atoms with van der Waals surface area (Å²) < 4.78 is 23.5. The standard InChI is InChI=1S/C6H12BrNO4S/c7-4-13(11,12)8-2-5(9)1-6(10)3-8/h5-6,9-10H,1-4H2/t5-,6+. The van der Waals surface area contributed by atoms with Gasteiger partial charge in [0.05, 0.1) is 12.2 Å². The molecule has 78 valence electrons.